The van der Waals surface area contributed by atoms with E-state index in [2.05, 4.69) is 33.9 Å². The molecule has 30 heavy (non-hydrogen) atoms. The maximum absolute atomic E-state index is 5.12. The van der Waals surface area contributed by atoms with E-state index in [1.165, 1.54) is 49.7 Å². The van der Waals surface area contributed by atoms with Gasteiger partial charge in [0, 0.05) is 26.3 Å². The van der Waals surface area contributed by atoms with E-state index >= 15 is 0 Å². The molecule has 1 aromatic carbocycles. The van der Waals surface area contributed by atoms with Gasteiger partial charge in [0.25, 0.3) is 0 Å². The summed E-state index contributed by atoms with van der Waals surface area (Å²) in [5, 5.41) is 5.77. The van der Waals surface area contributed by atoms with Gasteiger partial charge in [0.2, 0.25) is 0 Å². The van der Waals surface area contributed by atoms with Crippen LogP contribution >= 0.6 is 0 Å². The number of unbranched alkanes of at least 4 members (excludes halogenated alkanes) is 2. The van der Waals surface area contributed by atoms with Gasteiger partial charge in [-0.2, -0.15) is 5.10 Å². The van der Waals surface area contributed by atoms with Crippen LogP contribution in [0.2, 0.25) is 0 Å². The molecule has 3 aromatic rings. The van der Waals surface area contributed by atoms with Crippen LogP contribution in [0.25, 0.3) is 11.0 Å². The highest BCUT2D eigenvalue weighted by atomic mass is 16.5. The lowest BCUT2D eigenvalue weighted by Gasteiger charge is -2.22. The summed E-state index contributed by atoms with van der Waals surface area (Å²) < 4.78 is 7.33. The van der Waals surface area contributed by atoms with Crippen molar-refractivity contribution in [3.05, 3.63) is 53.6 Å². The second-order valence-corrected chi connectivity index (χ2v) is 9.19. The Morgan fingerprint density at radius 3 is 2.63 bits per heavy atom. The highest BCUT2D eigenvalue weighted by Gasteiger charge is 2.41. The van der Waals surface area contributed by atoms with Crippen LogP contribution in [-0.4, -0.2) is 33.5 Å². The van der Waals surface area contributed by atoms with Crippen LogP contribution in [0, 0.1) is 11.8 Å². The number of methoxy groups -OCH3 is 1. The van der Waals surface area contributed by atoms with Gasteiger partial charge in [-0.05, 0) is 61.5 Å². The van der Waals surface area contributed by atoms with Crippen molar-refractivity contribution in [3.63, 3.8) is 0 Å². The van der Waals surface area contributed by atoms with Gasteiger partial charge in [-0.25, -0.2) is 14.6 Å². The summed E-state index contributed by atoms with van der Waals surface area (Å²) >= 11 is 0. The number of aryl methyl sites for hydroxylation is 1. The van der Waals surface area contributed by atoms with Gasteiger partial charge in [-0.1, -0.05) is 37.1 Å². The minimum atomic E-state index is 0.534. The van der Waals surface area contributed by atoms with E-state index < -0.39 is 0 Å². The molecule has 2 aromatic heterocycles. The monoisotopic (exact) mass is 404 g/mol. The lowest BCUT2D eigenvalue weighted by molar-refractivity contribution is 0.192. The van der Waals surface area contributed by atoms with Crippen LogP contribution in [0.15, 0.2) is 36.7 Å². The third-order valence-corrected chi connectivity index (χ3v) is 7.10. The molecule has 2 fully saturated rings. The molecule has 3 atom stereocenters. The van der Waals surface area contributed by atoms with Gasteiger partial charge < -0.3 is 4.74 Å². The van der Waals surface area contributed by atoms with E-state index in [0.29, 0.717) is 6.04 Å². The van der Waals surface area contributed by atoms with Gasteiger partial charge in [-0.3, -0.25) is 0 Å². The van der Waals surface area contributed by atoms with Gasteiger partial charge >= 0.3 is 0 Å². The minimum absolute atomic E-state index is 0.534. The van der Waals surface area contributed by atoms with Gasteiger partial charge in [0.1, 0.15) is 5.82 Å². The topological polar surface area (TPSA) is 52.8 Å². The van der Waals surface area contributed by atoms with E-state index in [1.807, 2.05) is 12.4 Å². The van der Waals surface area contributed by atoms with Crippen molar-refractivity contribution in [3.8, 4) is 0 Å². The average Bonchev–Trinajstić information content (AvgIpc) is 3.50. The van der Waals surface area contributed by atoms with Crippen molar-refractivity contribution < 1.29 is 4.74 Å². The van der Waals surface area contributed by atoms with E-state index in [4.69, 9.17) is 14.8 Å². The summed E-state index contributed by atoms with van der Waals surface area (Å²) in [6.07, 6.45) is 14.8. The minimum Gasteiger partial charge on any atom is -0.385 e. The fourth-order valence-corrected chi connectivity index (χ4v) is 5.47. The number of rotatable bonds is 9. The maximum atomic E-state index is 5.12. The molecule has 2 aliphatic carbocycles. The molecule has 5 rings (SSSR count). The predicted octanol–water partition coefficient (Wildman–Crippen LogP) is 5.14. The van der Waals surface area contributed by atoms with Crippen LogP contribution in [0.1, 0.15) is 67.9 Å². The number of nitrogens with zero attached hydrogens (tertiary/aromatic N) is 4. The Morgan fingerprint density at radius 1 is 1.00 bits per heavy atom. The molecule has 0 saturated heterocycles. The van der Waals surface area contributed by atoms with Crippen molar-refractivity contribution >= 4 is 11.0 Å². The van der Waals surface area contributed by atoms with Crippen LogP contribution in [0.3, 0.4) is 0 Å². The molecule has 2 bridgehead atoms. The third-order valence-electron chi connectivity index (χ3n) is 7.10. The standard InChI is InChI=1S/C25H32N4O/c1-30-12-4-2-3-5-18-6-8-19(9-7-18)15-24-26-16-22-17-27-29(25(22)28-24)23-14-20-10-11-21(23)13-20/h6-9,16-17,20-21,23H,2-5,10-15H2,1H3/t20-,21+,23+/m1/s1. The number of aromatic nitrogens is 4. The average molecular weight is 405 g/mol. The lowest BCUT2D eigenvalue weighted by Crippen LogP contribution is -2.18. The zero-order valence-electron chi connectivity index (χ0n) is 18.0. The zero-order chi connectivity index (χ0) is 20.3. The molecular weight excluding hydrogens is 372 g/mol. The number of benzene rings is 1. The molecule has 2 heterocycles. The van der Waals surface area contributed by atoms with Crippen molar-refractivity contribution in [1.29, 1.82) is 0 Å². The third kappa shape index (κ3) is 4.13. The van der Waals surface area contributed by atoms with Crippen LogP contribution in [0.5, 0.6) is 0 Å². The normalized spacial score (nSPS) is 22.9. The Kier molecular flexibility index (Phi) is 5.80. The quantitative estimate of drug-likeness (QED) is 0.464. The fourth-order valence-electron chi connectivity index (χ4n) is 5.47. The van der Waals surface area contributed by atoms with Crippen molar-refractivity contribution in [2.24, 2.45) is 11.8 Å². The first-order valence-corrected chi connectivity index (χ1v) is 11.6. The largest absolute Gasteiger partial charge is 0.385 e. The predicted molar refractivity (Wildman–Crippen MR) is 118 cm³/mol. The first kappa shape index (κ1) is 19.7. The first-order chi connectivity index (χ1) is 14.8. The number of ether oxygens (including phenoxy) is 1. The summed E-state index contributed by atoms with van der Waals surface area (Å²) in [4.78, 5) is 9.55. The molecule has 0 N–H and O–H groups in total. The summed E-state index contributed by atoms with van der Waals surface area (Å²) in [5.74, 6) is 2.58. The number of hydrogen-bond acceptors (Lipinski definition) is 4. The second kappa shape index (κ2) is 8.84. The zero-order valence-corrected chi connectivity index (χ0v) is 18.0. The summed E-state index contributed by atoms with van der Waals surface area (Å²) in [6.45, 7) is 0.865. The molecule has 5 nitrogen and oxygen atoms in total. The summed E-state index contributed by atoms with van der Waals surface area (Å²) in [7, 11) is 1.77. The second-order valence-electron chi connectivity index (χ2n) is 9.19. The van der Waals surface area contributed by atoms with Gasteiger partial charge in [0.15, 0.2) is 5.65 Å². The molecule has 0 radical (unpaired) electrons. The number of hydrogen-bond donors (Lipinski definition) is 0. The Morgan fingerprint density at radius 2 is 1.87 bits per heavy atom. The summed E-state index contributed by atoms with van der Waals surface area (Å²) in [6, 6.07) is 9.50. The molecule has 0 spiro atoms. The molecule has 2 aliphatic rings. The molecule has 2 saturated carbocycles. The van der Waals surface area contributed by atoms with E-state index in [0.717, 1.165) is 54.6 Å². The lowest BCUT2D eigenvalue weighted by atomic mass is 9.95. The van der Waals surface area contributed by atoms with E-state index in [9.17, 15) is 0 Å². The molecule has 0 aliphatic heterocycles. The molecule has 0 unspecified atom stereocenters. The number of fused-ring (bicyclic) bond motifs is 3. The van der Waals surface area contributed by atoms with Gasteiger partial charge in [0.05, 0.1) is 17.6 Å². The maximum Gasteiger partial charge on any atom is 0.161 e. The summed E-state index contributed by atoms with van der Waals surface area (Å²) in [5.41, 5.74) is 3.69. The van der Waals surface area contributed by atoms with Crippen LogP contribution in [0.4, 0.5) is 0 Å². The van der Waals surface area contributed by atoms with Crippen molar-refractivity contribution in [2.45, 2.75) is 63.8 Å². The Balaban J connectivity index is 1.25. The Hall–Kier alpha value is -2.27. The molecule has 0 amide bonds. The van der Waals surface area contributed by atoms with Gasteiger partial charge in [-0.15, -0.1) is 0 Å². The first-order valence-electron chi connectivity index (χ1n) is 11.6. The molecular formula is C25H32N4O. The van der Waals surface area contributed by atoms with Crippen LogP contribution in [-0.2, 0) is 17.6 Å². The molecule has 5 heteroatoms. The van der Waals surface area contributed by atoms with E-state index in [1.54, 1.807) is 7.11 Å². The Labute approximate surface area is 178 Å². The smallest absolute Gasteiger partial charge is 0.161 e. The SMILES string of the molecule is COCCCCCc1ccc(Cc2ncc3cnn([C@H]4C[C@@H]5CC[C@H]4C5)c3n2)cc1. The molecule has 158 valence electrons. The van der Waals surface area contributed by atoms with E-state index in [-0.39, 0.29) is 0 Å². The van der Waals surface area contributed by atoms with Crippen molar-refractivity contribution in [1.82, 2.24) is 19.7 Å². The van der Waals surface area contributed by atoms with Crippen molar-refractivity contribution in [2.75, 3.05) is 13.7 Å². The Bertz CT molecular complexity index is 980. The van der Waals surface area contributed by atoms with Crippen LogP contribution < -0.4 is 0 Å². The fraction of sp³-hybridized carbons (Fsp3) is 0.560. The highest BCUT2D eigenvalue weighted by Crippen LogP contribution is 2.50. The highest BCUT2D eigenvalue weighted by molar-refractivity contribution is 5.73.